The third kappa shape index (κ3) is 4.59. The van der Waals surface area contributed by atoms with Gasteiger partial charge in [0.05, 0.1) is 27.1 Å². The lowest BCUT2D eigenvalue weighted by molar-refractivity contribution is -0.384. The molecule has 1 atom stereocenters. The number of non-ortho nitro benzene ring substituents is 1. The Morgan fingerprint density at radius 2 is 2.00 bits per heavy atom. The Kier molecular flexibility index (Phi) is 6.13. The van der Waals surface area contributed by atoms with Crippen molar-refractivity contribution < 1.29 is 18.1 Å². The predicted molar refractivity (Wildman–Crippen MR) is 120 cm³/mol. The normalized spacial score (nSPS) is 12.5. The predicted octanol–water partition coefficient (Wildman–Crippen LogP) is 2.69. The van der Waals surface area contributed by atoms with Gasteiger partial charge in [-0.2, -0.15) is 0 Å². The number of sulfonamides is 1. The molecule has 12 heteroatoms. The highest BCUT2D eigenvalue weighted by atomic mass is 32.2. The Bertz CT molecular complexity index is 1330. The summed E-state index contributed by atoms with van der Waals surface area (Å²) in [6, 6.07) is 8.94. The number of hydrogen-bond acceptors (Lipinski definition) is 7. The van der Waals surface area contributed by atoms with Crippen molar-refractivity contribution in [1.29, 1.82) is 0 Å². The lowest BCUT2D eigenvalue weighted by Gasteiger charge is -2.30. The minimum absolute atomic E-state index is 0.0235. The van der Waals surface area contributed by atoms with Crippen molar-refractivity contribution in [2.24, 2.45) is 7.05 Å². The Morgan fingerprint density at radius 1 is 1.29 bits per heavy atom. The summed E-state index contributed by atoms with van der Waals surface area (Å²) in [5.74, 6) is -0.595. The number of hydrogen-bond donors (Lipinski definition) is 1. The number of carbonyl (C=O) groups is 1. The van der Waals surface area contributed by atoms with Gasteiger partial charge < -0.3 is 9.88 Å². The van der Waals surface area contributed by atoms with Crippen molar-refractivity contribution >= 4 is 54.5 Å². The topological polar surface area (TPSA) is 132 Å². The van der Waals surface area contributed by atoms with Crippen LogP contribution >= 0.6 is 11.3 Å². The second-order valence-electron chi connectivity index (χ2n) is 6.86. The fourth-order valence-electron chi connectivity index (χ4n) is 3.24. The van der Waals surface area contributed by atoms with E-state index in [-0.39, 0.29) is 22.7 Å². The van der Waals surface area contributed by atoms with Gasteiger partial charge in [-0.25, -0.2) is 8.42 Å². The molecule has 0 saturated heterocycles. The lowest BCUT2D eigenvalue weighted by Crippen LogP contribution is -2.47. The molecule has 1 heterocycles. The summed E-state index contributed by atoms with van der Waals surface area (Å²) in [7, 11) is -2.29. The Hall–Kier alpha value is -3.25. The van der Waals surface area contributed by atoms with Gasteiger partial charge in [-0.3, -0.25) is 24.0 Å². The highest BCUT2D eigenvalue weighted by Crippen LogP contribution is 2.27. The number of nitro groups is 1. The van der Waals surface area contributed by atoms with Crippen LogP contribution in [0.5, 0.6) is 0 Å². The van der Waals surface area contributed by atoms with Crippen molar-refractivity contribution in [2.75, 3.05) is 15.9 Å². The van der Waals surface area contributed by atoms with Crippen LogP contribution < -0.4 is 14.5 Å². The van der Waals surface area contributed by atoms with Crippen molar-refractivity contribution in [3.8, 4) is 0 Å². The molecule has 0 saturated carbocycles. The Labute approximate surface area is 181 Å². The number of nitrogens with zero attached hydrogens (tertiary/aromatic N) is 3. The molecule has 164 valence electrons. The fraction of sp³-hybridized carbons (Fsp3) is 0.263. The van der Waals surface area contributed by atoms with Gasteiger partial charge in [-0.1, -0.05) is 24.3 Å². The number of benzene rings is 2. The third-order valence-electron chi connectivity index (χ3n) is 4.68. The summed E-state index contributed by atoms with van der Waals surface area (Å²) < 4.78 is 28.1. The highest BCUT2D eigenvalue weighted by molar-refractivity contribution is 7.92. The minimum atomic E-state index is -3.94. The molecule has 0 fully saturated rings. The van der Waals surface area contributed by atoms with Crippen molar-refractivity contribution in [3.05, 3.63) is 62.2 Å². The molecule has 0 bridgehead atoms. The SMILES string of the molecule is CC[C@H](C(=O)Nc1ccc2c(c1)sc(=O)n2C)N(c1cccc([N+](=O)[O-])c1)S(C)(=O)=O. The molecule has 0 radical (unpaired) electrons. The minimum Gasteiger partial charge on any atom is -0.324 e. The molecule has 0 spiro atoms. The molecule has 1 N–H and O–H groups in total. The number of anilines is 2. The number of carbonyl (C=O) groups excluding carboxylic acids is 1. The molecule has 3 rings (SSSR count). The maximum Gasteiger partial charge on any atom is 0.307 e. The quantitative estimate of drug-likeness (QED) is 0.422. The van der Waals surface area contributed by atoms with E-state index in [0.29, 0.717) is 10.4 Å². The molecule has 0 unspecified atom stereocenters. The maximum absolute atomic E-state index is 13.0. The molecule has 0 aliphatic heterocycles. The van der Waals surface area contributed by atoms with Crippen LogP contribution in [0.15, 0.2) is 47.3 Å². The van der Waals surface area contributed by atoms with Crippen LogP contribution in [0.3, 0.4) is 0 Å². The van der Waals surface area contributed by atoms with Crippen molar-refractivity contribution in [2.45, 2.75) is 19.4 Å². The molecule has 3 aromatic rings. The van der Waals surface area contributed by atoms with Crippen LogP contribution in [0.4, 0.5) is 17.1 Å². The summed E-state index contributed by atoms with van der Waals surface area (Å²) in [4.78, 5) is 35.2. The largest absolute Gasteiger partial charge is 0.324 e. The molecule has 1 amide bonds. The first-order valence-electron chi connectivity index (χ1n) is 9.17. The molecule has 0 aliphatic rings. The molecule has 10 nitrogen and oxygen atoms in total. The van der Waals surface area contributed by atoms with Gasteiger partial charge in [0.1, 0.15) is 6.04 Å². The molecule has 2 aromatic carbocycles. The summed E-state index contributed by atoms with van der Waals surface area (Å²) >= 11 is 1.03. The fourth-order valence-corrected chi connectivity index (χ4v) is 5.36. The smallest absolute Gasteiger partial charge is 0.307 e. The second-order valence-corrected chi connectivity index (χ2v) is 9.71. The molecule has 31 heavy (non-hydrogen) atoms. The van der Waals surface area contributed by atoms with E-state index in [0.717, 1.165) is 33.5 Å². The van der Waals surface area contributed by atoms with E-state index in [1.54, 1.807) is 32.2 Å². The van der Waals surface area contributed by atoms with E-state index >= 15 is 0 Å². The number of fused-ring (bicyclic) bond motifs is 1. The van der Waals surface area contributed by atoms with Gasteiger partial charge >= 0.3 is 4.87 Å². The van der Waals surface area contributed by atoms with Crippen LogP contribution in [0, 0.1) is 10.1 Å². The van der Waals surface area contributed by atoms with Gasteiger partial charge in [0.25, 0.3) is 5.69 Å². The lowest BCUT2D eigenvalue weighted by atomic mass is 10.1. The zero-order valence-electron chi connectivity index (χ0n) is 16.9. The second kappa shape index (κ2) is 8.47. The average Bonchev–Trinajstić information content (AvgIpc) is 2.98. The number of aryl methyl sites for hydroxylation is 1. The molecule has 0 aliphatic carbocycles. The van der Waals surface area contributed by atoms with Gasteiger partial charge in [-0.05, 0) is 30.7 Å². The van der Waals surface area contributed by atoms with E-state index < -0.39 is 26.9 Å². The zero-order valence-corrected chi connectivity index (χ0v) is 18.6. The maximum atomic E-state index is 13.0. The first-order valence-corrected chi connectivity index (χ1v) is 11.8. The zero-order chi connectivity index (χ0) is 22.9. The number of rotatable bonds is 7. The van der Waals surface area contributed by atoms with E-state index in [1.165, 1.54) is 22.8 Å². The summed E-state index contributed by atoms with van der Waals surface area (Å²) in [5, 5.41) is 13.8. The summed E-state index contributed by atoms with van der Waals surface area (Å²) in [6.45, 7) is 1.64. The van der Waals surface area contributed by atoms with Gasteiger partial charge in [0, 0.05) is 24.9 Å². The van der Waals surface area contributed by atoms with E-state index in [1.807, 2.05) is 0 Å². The van der Waals surface area contributed by atoms with E-state index in [4.69, 9.17) is 0 Å². The number of nitro benzene ring substituents is 1. The number of thiazole rings is 1. The summed E-state index contributed by atoms with van der Waals surface area (Å²) in [6.07, 6.45) is 1.07. The van der Waals surface area contributed by atoms with E-state index in [2.05, 4.69) is 5.32 Å². The van der Waals surface area contributed by atoms with Gasteiger partial charge in [0.15, 0.2) is 0 Å². The van der Waals surface area contributed by atoms with Crippen LogP contribution in [0.25, 0.3) is 10.2 Å². The first kappa shape index (κ1) is 22.4. The molecule has 1 aromatic heterocycles. The number of aromatic nitrogens is 1. The van der Waals surface area contributed by atoms with E-state index in [9.17, 15) is 28.1 Å². The number of amides is 1. The monoisotopic (exact) mass is 464 g/mol. The first-order chi connectivity index (χ1) is 14.5. The average molecular weight is 465 g/mol. The van der Waals surface area contributed by atoms with Crippen LogP contribution in [0.2, 0.25) is 0 Å². The Balaban J connectivity index is 1.97. The van der Waals surface area contributed by atoms with Crippen LogP contribution in [-0.4, -0.2) is 36.1 Å². The third-order valence-corrected chi connectivity index (χ3v) is 6.86. The molecular weight excluding hydrogens is 444 g/mol. The van der Waals surface area contributed by atoms with Gasteiger partial charge in [0.2, 0.25) is 15.9 Å². The van der Waals surface area contributed by atoms with Crippen LogP contribution in [-0.2, 0) is 21.9 Å². The van der Waals surface area contributed by atoms with Crippen molar-refractivity contribution in [3.63, 3.8) is 0 Å². The number of nitrogens with one attached hydrogen (secondary N) is 1. The summed E-state index contributed by atoms with van der Waals surface area (Å²) in [5.41, 5.74) is 0.862. The van der Waals surface area contributed by atoms with Crippen molar-refractivity contribution in [1.82, 2.24) is 4.57 Å². The Morgan fingerprint density at radius 3 is 2.61 bits per heavy atom. The van der Waals surface area contributed by atoms with Gasteiger partial charge in [-0.15, -0.1) is 0 Å². The molecular formula is C19H20N4O6S2. The standard InChI is InChI=1S/C19H20N4O6S2/c1-4-15(22(31(3,28)29)13-6-5-7-14(11-13)23(26)27)18(24)20-12-8-9-16-17(10-12)30-19(25)21(16)2/h5-11,15H,4H2,1-3H3,(H,20,24)/t15-/m1/s1. The van der Waals surface area contributed by atoms with Crippen LogP contribution in [0.1, 0.15) is 13.3 Å². The highest BCUT2D eigenvalue weighted by Gasteiger charge is 2.32.